The zero-order valence-electron chi connectivity index (χ0n) is 11.2. The largest absolute Gasteiger partial charge is 0.389 e. The number of nitrogens with one attached hydrogen (secondary N) is 1. The molecule has 106 valence electrons. The number of nitrogens with two attached hydrogens (primary N) is 1. The number of thiocarbonyl (C=S) groups is 1. The number of sulfonamides is 1. The number of hydrogen-bond donors (Lipinski definition) is 2. The molecule has 19 heavy (non-hydrogen) atoms. The molecule has 0 aliphatic rings. The first-order valence-electron chi connectivity index (χ1n) is 6.17. The van der Waals surface area contributed by atoms with Crippen molar-refractivity contribution < 1.29 is 8.42 Å². The first kappa shape index (κ1) is 16.1. The Labute approximate surface area is 120 Å². The predicted molar refractivity (Wildman–Crippen MR) is 82.4 cm³/mol. The van der Waals surface area contributed by atoms with Crippen LogP contribution in [-0.4, -0.2) is 20.0 Å². The average molecular weight is 300 g/mol. The van der Waals surface area contributed by atoms with E-state index in [1.54, 1.807) is 24.3 Å². The van der Waals surface area contributed by atoms with Crippen molar-refractivity contribution in [2.75, 3.05) is 6.54 Å². The van der Waals surface area contributed by atoms with Gasteiger partial charge in [0.25, 0.3) is 0 Å². The maximum Gasteiger partial charge on any atom is 0.215 e. The van der Waals surface area contributed by atoms with Gasteiger partial charge in [0.2, 0.25) is 10.0 Å². The summed E-state index contributed by atoms with van der Waals surface area (Å²) in [6.45, 7) is 4.56. The monoisotopic (exact) mass is 300 g/mol. The van der Waals surface area contributed by atoms with E-state index in [1.807, 2.05) is 0 Å². The molecule has 0 radical (unpaired) electrons. The van der Waals surface area contributed by atoms with Crippen LogP contribution < -0.4 is 10.5 Å². The zero-order valence-corrected chi connectivity index (χ0v) is 12.9. The Morgan fingerprint density at radius 1 is 1.37 bits per heavy atom. The molecule has 4 nitrogen and oxygen atoms in total. The number of hydrogen-bond acceptors (Lipinski definition) is 3. The van der Waals surface area contributed by atoms with Crippen molar-refractivity contribution >= 4 is 27.2 Å². The first-order chi connectivity index (χ1) is 8.82. The highest BCUT2D eigenvalue weighted by Crippen LogP contribution is 2.12. The van der Waals surface area contributed by atoms with Crippen LogP contribution in [0.3, 0.4) is 0 Å². The minimum atomic E-state index is -3.35. The standard InChI is InChI=1S/C13H20N2O2S2/c1-10(2)7-8-15-19(16,17)9-11-5-3-4-6-12(11)13(14)18/h3-6,10,15H,7-9H2,1-2H3,(H2,14,18). The second-order valence-electron chi connectivity index (χ2n) is 4.86. The summed E-state index contributed by atoms with van der Waals surface area (Å²) in [5.74, 6) is 0.366. The molecule has 0 aliphatic carbocycles. The Morgan fingerprint density at radius 3 is 2.58 bits per heavy atom. The number of benzene rings is 1. The van der Waals surface area contributed by atoms with Gasteiger partial charge in [-0.2, -0.15) is 0 Å². The van der Waals surface area contributed by atoms with Crippen LogP contribution in [0, 0.1) is 5.92 Å². The van der Waals surface area contributed by atoms with Gasteiger partial charge in [0, 0.05) is 12.1 Å². The number of rotatable bonds is 7. The molecule has 0 saturated heterocycles. The van der Waals surface area contributed by atoms with E-state index in [4.69, 9.17) is 18.0 Å². The summed E-state index contributed by atoms with van der Waals surface area (Å²) in [5.41, 5.74) is 6.84. The highest BCUT2D eigenvalue weighted by atomic mass is 32.2. The normalized spacial score (nSPS) is 11.7. The van der Waals surface area contributed by atoms with Crippen molar-refractivity contribution in [3.63, 3.8) is 0 Å². The van der Waals surface area contributed by atoms with E-state index in [9.17, 15) is 8.42 Å². The molecular weight excluding hydrogens is 280 g/mol. The predicted octanol–water partition coefficient (Wildman–Crippen LogP) is 1.79. The van der Waals surface area contributed by atoms with Crippen LogP contribution in [0.4, 0.5) is 0 Å². The van der Waals surface area contributed by atoms with Crippen LogP contribution in [0.15, 0.2) is 24.3 Å². The van der Waals surface area contributed by atoms with E-state index in [1.165, 1.54) is 0 Å². The Bertz CT molecular complexity index is 539. The van der Waals surface area contributed by atoms with Crippen molar-refractivity contribution in [3.8, 4) is 0 Å². The van der Waals surface area contributed by atoms with Gasteiger partial charge in [-0.25, -0.2) is 13.1 Å². The molecule has 0 unspecified atom stereocenters. The van der Waals surface area contributed by atoms with Crippen LogP contribution in [0.25, 0.3) is 0 Å². The molecule has 0 saturated carbocycles. The molecular formula is C13H20N2O2S2. The van der Waals surface area contributed by atoms with Gasteiger partial charge in [0.05, 0.1) is 5.75 Å². The summed E-state index contributed by atoms with van der Waals surface area (Å²) in [6.07, 6.45) is 0.816. The fourth-order valence-corrected chi connectivity index (χ4v) is 3.04. The lowest BCUT2D eigenvalue weighted by Crippen LogP contribution is -2.27. The van der Waals surface area contributed by atoms with Crippen molar-refractivity contribution in [3.05, 3.63) is 35.4 Å². The second kappa shape index (κ2) is 6.98. The maximum atomic E-state index is 12.0. The first-order valence-corrected chi connectivity index (χ1v) is 8.23. The molecule has 0 aliphatic heterocycles. The SMILES string of the molecule is CC(C)CCNS(=O)(=O)Cc1ccccc1C(N)=S. The quantitative estimate of drug-likeness (QED) is 0.753. The van der Waals surface area contributed by atoms with E-state index in [0.717, 1.165) is 6.42 Å². The summed E-state index contributed by atoms with van der Waals surface area (Å²) >= 11 is 4.92. The fourth-order valence-electron chi connectivity index (χ4n) is 1.65. The Balaban J connectivity index is 2.76. The molecule has 0 heterocycles. The van der Waals surface area contributed by atoms with E-state index in [2.05, 4.69) is 18.6 Å². The van der Waals surface area contributed by atoms with E-state index in [-0.39, 0.29) is 10.7 Å². The molecule has 0 amide bonds. The Hall–Kier alpha value is -0.980. The van der Waals surface area contributed by atoms with Crippen molar-refractivity contribution in [1.29, 1.82) is 0 Å². The topological polar surface area (TPSA) is 72.2 Å². The molecule has 1 aromatic rings. The molecule has 0 aromatic heterocycles. The van der Waals surface area contributed by atoms with Gasteiger partial charge in [-0.3, -0.25) is 0 Å². The second-order valence-corrected chi connectivity index (χ2v) is 7.10. The summed E-state index contributed by atoms with van der Waals surface area (Å²) in [4.78, 5) is 0.216. The van der Waals surface area contributed by atoms with Gasteiger partial charge >= 0.3 is 0 Å². The third-order valence-electron chi connectivity index (χ3n) is 2.67. The van der Waals surface area contributed by atoms with Crippen molar-refractivity contribution in [2.24, 2.45) is 11.7 Å². The third kappa shape index (κ3) is 5.67. The van der Waals surface area contributed by atoms with Gasteiger partial charge in [-0.05, 0) is 17.9 Å². The van der Waals surface area contributed by atoms with Crippen LogP contribution in [0.1, 0.15) is 31.4 Å². The van der Waals surface area contributed by atoms with E-state index in [0.29, 0.717) is 23.6 Å². The van der Waals surface area contributed by atoms with Crippen LogP contribution >= 0.6 is 12.2 Å². The molecule has 1 rings (SSSR count). The molecule has 0 spiro atoms. The molecule has 6 heteroatoms. The summed E-state index contributed by atoms with van der Waals surface area (Å²) in [5, 5.41) is 0. The third-order valence-corrected chi connectivity index (χ3v) is 4.23. The highest BCUT2D eigenvalue weighted by Gasteiger charge is 2.14. The molecule has 3 N–H and O–H groups in total. The van der Waals surface area contributed by atoms with Crippen LogP contribution in [-0.2, 0) is 15.8 Å². The highest BCUT2D eigenvalue weighted by molar-refractivity contribution is 7.88. The lowest BCUT2D eigenvalue weighted by molar-refractivity contribution is 0.551. The Morgan fingerprint density at radius 2 is 2.00 bits per heavy atom. The summed E-state index contributed by atoms with van der Waals surface area (Å²) in [6, 6.07) is 7.04. The lowest BCUT2D eigenvalue weighted by Gasteiger charge is -2.11. The van der Waals surface area contributed by atoms with Crippen LogP contribution in [0.2, 0.25) is 0 Å². The van der Waals surface area contributed by atoms with E-state index >= 15 is 0 Å². The lowest BCUT2D eigenvalue weighted by atomic mass is 10.1. The minimum Gasteiger partial charge on any atom is -0.389 e. The van der Waals surface area contributed by atoms with Crippen molar-refractivity contribution in [1.82, 2.24) is 4.72 Å². The smallest absolute Gasteiger partial charge is 0.215 e. The fraction of sp³-hybridized carbons (Fsp3) is 0.462. The van der Waals surface area contributed by atoms with Gasteiger partial charge in [0.1, 0.15) is 4.99 Å². The van der Waals surface area contributed by atoms with Gasteiger partial charge in [0.15, 0.2) is 0 Å². The molecule has 0 atom stereocenters. The minimum absolute atomic E-state index is 0.0986. The van der Waals surface area contributed by atoms with E-state index < -0.39 is 10.0 Å². The zero-order chi connectivity index (χ0) is 14.5. The molecule has 0 fully saturated rings. The van der Waals surface area contributed by atoms with Gasteiger partial charge in [-0.15, -0.1) is 0 Å². The van der Waals surface area contributed by atoms with Gasteiger partial charge < -0.3 is 5.73 Å². The van der Waals surface area contributed by atoms with Crippen LogP contribution in [0.5, 0.6) is 0 Å². The van der Waals surface area contributed by atoms with Gasteiger partial charge in [-0.1, -0.05) is 50.3 Å². The summed E-state index contributed by atoms with van der Waals surface area (Å²) < 4.78 is 26.5. The summed E-state index contributed by atoms with van der Waals surface area (Å²) in [7, 11) is -3.35. The maximum absolute atomic E-state index is 12.0. The Kier molecular flexibility index (Phi) is 5.90. The molecule has 0 bridgehead atoms. The molecule has 1 aromatic carbocycles. The average Bonchev–Trinajstić information content (AvgIpc) is 2.27. The van der Waals surface area contributed by atoms with Crippen molar-refractivity contribution in [2.45, 2.75) is 26.0 Å².